The Kier molecular flexibility index (Phi) is 4.61. The number of carbonyl (C=O) groups is 1. The summed E-state index contributed by atoms with van der Waals surface area (Å²) in [6.45, 7) is 0.0204. The number of aliphatic hydroxyl groups excluding tert-OH is 1. The van der Waals surface area contributed by atoms with Crippen LogP contribution >= 0.6 is 11.6 Å². The fourth-order valence-electron chi connectivity index (χ4n) is 1.75. The molecule has 1 heterocycles. The fourth-order valence-corrected chi connectivity index (χ4v) is 1.96. The number of halogens is 1. The molecule has 0 spiro atoms. The molecule has 1 aromatic rings. The minimum atomic E-state index is -0.583. The molecule has 1 aliphatic rings. The van der Waals surface area contributed by atoms with Crippen LogP contribution in [-0.4, -0.2) is 40.6 Å². The zero-order valence-corrected chi connectivity index (χ0v) is 11.8. The molecule has 0 aromatic carbocycles. The number of hydrogen-bond donors (Lipinski definition) is 2. The van der Waals surface area contributed by atoms with E-state index in [1.165, 1.54) is 13.3 Å². The van der Waals surface area contributed by atoms with Crippen LogP contribution in [0.5, 0.6) is 0 Å². The Morgan fingerprint density at radius 1 is 1.70 bits per heavy atom. The van der Waals surface area contributed by atoms with Gasteiger partial charge in [-0.3, -0.25) is 9.59 Å². The molecule has 2 N–H and O–H groups in total. The third-order valence-corrected chi connectivity index (χ3v) is 3.52. The Morgan fingerprint density at radius 3 is 3.00 bits per heavy atom. The van der Waals surface area contributed by atoms with Crippen LogP contribution in [0.1, 0.15) is 12.8 Å². The van der Waals surface area contributed by atoms with Crippen molar-refractivity contribution in [3.63, 3.8) is 0 Å². The van der Waals surface area contributed by atoms with Gasteiger partial charge in [-0.05, 0) is 18.8 Å². The molecule has 2 rings (SSSR count). The minimum Gasteiger partial charge on any atom is -0.468 e. The molecule has 110 valence electrons. The molecule has 20 heavy (non-hydrogen) atoms. The lowest BCUT2D eigenvalue weighted by Crippen LogP contribution is -2.29. The second kappa shape index (κ2) is 6.23. The molecule has 8 heteroatoms. The summed E-state index contributed by atoms with van der Waals surface area (Å²) in [4.78, 5) is 23.0. The summed E-state index contributed by atoms with van der Waals surface area (Å²) >= 11 is 5.93. The fraction of sp³-hybridized carbons (Fsp3) is 0.583. The van der Waals surface area contributed by atoms with Gasteiger partial charge in [0.15, 0.2) is 0 Å². The Labute approximate surface area is 120 Å². The minimum absolute atomic E-state index is 0.0631. The molecule has 1 unspecified atom stereocenters. The van der Waals surface area contributed by atoms with Gasteiger partial charge in [0.1, 0.15) is 11.6 Å². The van der Waals surface area contributed by atoms with E-state index in [4.69, 9.17) is 11.6 Å². The standard InChI is InChI=1S/C12H16ClN3O4/c1-20-10(18)6-16-12(19)11(13)8(4-15-16)14-5-9(17)7-2-3-7/h4,7,9,14,17H,2-3,5-6H2,1H3. The predicted molar refractivity (Wildman–Crippen MR) is 72.7 cm³/mol. The van der Waals surface area contributed by atoms with Gasteiger partial charge in [-0.25, -0.2) is 4.68 Å². The van der Waals surface area contributed by atoms with Crippen molar-refractivity contribution in [3.8, 4) is 0 Å². The Hall–Kier alpha value is -1.60. The average molecular weight is 302 g/mol. The number of ether oxygens (including phenoxy) is 1. The van der Waals surface area contributed by atoms with Crippen LogP contribution in [0.3, 0.4) is 0 Å². The van der Waals surface area contributed by atoms with Gasteiger partial charge < -0.3 is 15.2 Å². The van der Waals surface area contributed by atoms with E-state index in [1.807, 2.05) is 0 Å². The lowest BCUT2D eigenvalue weighted by Gasteiger charge is -2.13. The molecular formula is C12H16ClN3O4. The van der Waals surface area contributed by atoms with Crippen molar-refractivity contribution < 1.29 is 14.6 Å². The van der Waals surface area contributed by atoms with E-state index in [0.29, 0.717) is 18.2 Å². The molecule has 1 aliphatic carbocycles. The molecule has 0 aliphatic heterocycles. The summed E-state index contributed by atoms with van der Waals surface area (Å²) in [7, 11) is 1.23. The predicted octanol–water partition coefficient (Wildman–Crippen LogP) is 0.252. The molecule has 0 radical (unpaired) electrons. The second-order valence-corrected chi connectivity index (χ2v) is 5.07. The lowest BCUT2D eigenvalue weighted by molar-refractivity contribution is -0.141. The highest BCUT2D eigenvalue weighted by Crippen LogP contribution is 2.32. The van der Waals surface area contributed by atoms with E-state index in [9.17, 15) is 14.7 Å². The van der Waals surface area contributed by atoms with Gasteiger partial charge in [0.2, 0.25) is 0 Å². The SMILES string of the molecule is COC(=O)Cn1ncc(NCC(O)C2CC2)c(Cl)c1=O. The molecule has 1 aromatic heterocycles. The summed E-state index contributed by atoms with van der Waals surface area (Å²) < 4.78 is 5.39. The Balaban J connectivity index is 2.05. The van der Waals surface area contributed by atoms with Gasteiger partial charge in [-0.2, -0.15) is 5.10 Å². The highest BCUT2D eigenvalue weighted by Gasteiger charge is 2.29. The number of carbonyl (C=O) groups excluding carboxylic acids is 1. The van der Waals surface area contributed by atoms with Gasteiger partial charge in [-0.1, -0.05) is 11.6 Å². The van der Waals surface area contributed by atoms with Gasteiger partial charge >= 0.3 is 5.97 Å². The smallest absolute Gasteiger partial charge is 0.327 e. The van der Waals surface area contributed by atoms with Crippen LogP contribution in [0, 0.1) is 5.92 Å². The molecule has 0 saturated heterocycles. The number of anilines is 1. The van der Waals surface area contributed by atoms with Crippen molar-refractivity contribution in [1.82, 2.24) is 9.78 Å². The zero-order valence-electron chi connectivity index (χ0n) is 11.0. The Bertz CT molecular complexity index is 556. The van der Waals surface area contributed by atoms with Crippen LogP contribution in [0.25, 0.3) is 0 Å². The van der Waals surface area contributed by atoms with Crippen molar-refractivity contribution in [1.29, 1.82) is 0 Å². The van der Waals surface area contributed by atoms with E-state index in [0.717, 1.165) is 17.5 Å². The van der Waals surface area contributed by atoms with Crippen LogP contribution < -0.4 is 10.9 Å². The first-order valence-corrected chi connectivity index (χ1v) is 6.65. The lowest BCUT2D eigenvalue weighted by atomic mass is 10.2. The van der Waals surface area contributed by atoms with Crippen LogP contribution in [0.4, 0.5) is 5.69 Å². The number of nitrogens with zero attached hydrogens (tertiary/aromatic N) is 2. The van der Waals surface area contributed by atoms with Crippen LogP contribution in [0.15, 0.2) is 11.0 Å². The molecule has 0 bridgehead atoms. The first kappa shape index (κ1) is 14.8. The largest absolute Gasteiger partial charge is 0.468 e. The van der Waals surface area contributed by atoms with Gasteiger partial charge in [-0.15, -0.1) is 0 Å². The number of nitrogens with one attached hydrogen (secondary N) is 1. The number of esters is 1. The second-order valence-electron chi connectivity index (χ2n) is 4.70. The molecular weight excluding hydrogens is 286 g/mol. The van der Waals surface area contributed by atoms with Gasteiger partial charge in [0, 0.05) is 6.54 Å². The third kappa shape index (κ3) is 3.49. The van der Waals surface area contributed by atoms with Crippen molar-refractivity contribution in [3.05, 3.63) is 21.6 Å². The van der Waals surface area contributed by atoms with Crippen molar-refractivity contribution >= 4 is 23.3 Å². The summed E-state index contributed by atoms with van der Waals surface area (Å²) in [6, 6.07) is 0. The molecule has 0 amide bonds. The number of aliphatic hydroxyl groups is 1. The highest BCUT2D eigenvalue weighted by atomic mass is 35.5. The summed E-state index contributed by atoms with van der Waals surface area (Å²) in [5.41, 5.74) is -0.236. The number of hydrogen-bond acceptors (Lipinski definition) is 6. The topological polar surface area (TPSA) is 93.5 Å². The zero-order chi connectivity index (χ0) is 14.7. The summed E-state index contributed by atoms with van der Waals surface area (Å²) in [5, 5.41) is 16.4. The van der Waals surface area contributed by atoms with E-state index < -0.39 is 17.6 Å². The van der Waals surface area contributed by atoms with E-state index in [-0.39, 0.29) is 11.6 Å². The van der Waals surface area contributed by atoms with E-state index in [2.05, 4.69) is 15.2 Å². The summed E-state index contributed by atoms with van der Waals surface area (Å²) in [6.07, 6.45) is 2.95. The molecule has 1 atom stereocenters. The average Bonchev–Trinajstić information content (AvgIpc) is 3.27. The molecule has 1 fully saturated rings. The monoisotopic (exact) mass is 301 g/mol. The first-order chi connectivity index (χ1) is 9.52. The molecule has 1 saturated carbocycles. The van der Waals surface area contributed by atoms with Crippen molar-refractivity contribution in [2.45, 2.75) is 25.5 Å². The quantitative estimate of drug-likeness (QED) is 0.732. The number of aromatic nitrogens is 2. The maximum atomic E-state index is 11.9. The van der Waals surface area contributed by atoms with Gasteiger partial charge in [0.05, 0.1) is 25.1 Å². The van der Waals surface area contributed by atoms with Gasteiger partial charge in [0.25, 0.3) is 5.56 Å². The van der Waals surface area contributed by atoms with Crippen molar-refractivity contribution in [2.24, 2.45) is 5.92 Å². The maximum absolute atomic E-state index is 11.9. The molecule has 7 nitrogen and oxygen atoms in total. The van der Waals surface area contributed by atoms with Crippen molar-refractivity contribution in [2.75, 3.05) is 19.0 Å². The van der Waals surface area contributed by atoms with Crippen LogP contribution in [-0.2, 0) is 16.1 Å². The highest BCUT2D eigenvalue weighted by molar-refractivity contribution is 6.32. The third-order valence-electron chi connectivity index (χ3n) is 3.16. The number of methoxy groups -OCH3 is 1. The van der Waals surface area contributed by atoms with Crippen LogP contribution in [0.2, 0.25) is 5.02 Å². The summed E-state index contributed by atoms with van der Waals surface area (Å²) in [5.74, 6) is -0.255. The van der Waals surface area contributed by atoms with E-state index >= 15 is 0 Å². The maximum Gasteiger partial charge on any atom is 0.327 e. The van der Waals surface area contributed by atoms with E-state index in [1.54, 1.807) is 0 Å². The number of rotatable bonds is 6. The first-order valence-electron chi connectivity index (χ1n) is 6.27. The normalized spacial score (nSPS) is 15.8. The Morgan fingerprint density at radius 2 is 2.40 bits per heavy atom.